The van der Waals surface area contributed by atoms with Crippen molar-refractivity contribution < 1.29 is 8.42 Å². The smallest absolute Gasteiger partial charge is 0.238 e. The van der Waals surface area contributed by atoms with Gasteiger partial charge in [-0.05, 0) is 49.9 Å². The molecular formula is C12H18N2O2S. The molecule has 5 heteroatoms. The van der Waals surface area contributed by atoms with E-state index in [1.807, 2.05) is 12.1 Å². The molecule has 0 saturated carbocycles. The Morgan fingerprint density at radius 2 is 1.88 bits per heavy atom. The van der Waals surface area contributed by atoms with Crippen molar-refractivity contribution in [3.05, 3.63) is 29.8 Å². The Labute approximate surface area is 102 Å². The molecule has 1 saturated heterocycles. The summed E-state index contributed by atoms with van der Waals surface area (Å²) >= 11 is 0. The van der Waals surface area contributed by atoms with Gasteiger partial charge in [-0.1, -0.05) is 18.2 Å². The zero-order valence-electron chi connectivity index (χ0n) is 9.72. The molecule has 3 N–H and O–H groups in total. The van der Waals surface area contributed by atoms with Gasteiger partial charge in [-0.25, -0.2) is 13.6 Å². The summed E-state index contributed by atoms with van der Waals surface area (Å²) in [6.07, 6.45) is 2.99. The summed E-state index contributed by atoms with van der Waals surface area (Å²) in [5.74, 6) is 0.555. The molecule has 17 heavy (non-hydrogen) atoms. The average Bonchev–Trinajstić information content (AvgIpc) is 2.30. The van der Waals surface area contributed by atoms with E-state index >= 15 is 0 Å². The number of nitrogens with two attached hydrogens (primary N) is 1. The van der Waals surface area contributed by atoms with Gasteiger partial charge in [0.15, 0.2) is 0 Å². The van der Waals surface area contributed by atoms with Gasteiger partial charge in [0, 0.05) is 0 Å². The van der Waals surface area contributed by atoms with Crippen molar-refractivity contribution in [2.24, 2.45) is 11.1 Å². The topological polar surface area (TPSA) is 72.2 Å². The minimum atomic E-state index is -3.60. The lowest BCUT2D eigenvalue weighted by Crippen LogP contribution is -2.29. The van der Waals surface area contributed by atoms with E-state index in [9.17, 15) is 8.42 Å². The fraction of sp³-hybridized carbons (Fsp3) is 0.500. The summed E-state index contributed by atoms with van der Waals surface area (Å²) in [5, 5.41) is 8.52. The molecule has 94 valence electrons. The van der Waals surface area contributed by atoms with E-state index in [-0.39, 0.29) is 4.90 Å². The normalized spacial score (nSPS) is 18.2. The molecule has 4 nitrogen and oxygen atoms in total. The molecule has 1 aliphatic rings. The molecule has 1 heterocycles. The van der Waals surface area contributed by atoms with Gasteiger partial charge in [0.2, 0.25) is 10.0 Å². The third-order valence-corrected chi connectivity index (χ3v) is 4.26. The van der Waals surface area contributed by atoms with Crippen molar-refractivity contribution in [3.63, 3.8) is 0 Å². The maximum Gasteiger partial charge on any atom is 0.238 e. The SMILES string of the molecule is NS(=O)(=O)c1ccccc1CC1CCNCC1. The molecule has 0 aromatic heterocycles. The Hall–Kier alpha value is -0.910. The Morgan fingerprint density at radius 3 is 2.53 bits per heavy atom. The number of piperidine rings is 1. The molecule has 1 aromatic carbocycles. The third kappa shape index (κ3) is 3.28. The van der Waals surface area contributed by atoms with Gasteiger partial charge >= 0.3 is 0 Å². The highest BCUT2D eigenvalue weighted by atomic mass is 32.2. The van der Waals surface area contributed by atoms with Crippen molar-refractivity contribution in [3.8, 4) is 0 Å². The highest BCUT2D eigenvalue weighted by Gasteiger charge is 2.18. The molecule has 0 aliphatic carbocycles. The first-order chi connectivity index (χ1) is 8.07. The van der Waals surface area contributed by atoms with Crippen LogP contribution < -0.4 is 10.5 Å². The maximum atomic E-state index is 11.5. The molecule has 2 rings (SSSR count). The van der Waals surface area contributed by atoms with Gasteiger partial charge < -0.3 is 5.32 Å². The van der Waals surface area contributed by atoms with Crippen LogP contribution in [0.15, 0.2) is 29.2 Å². The second-order valence-corrected chi connectivity index (χ2v) is 6.08. The van der Waals surface area contributed by atoms with Crippen LogP contribution in [0.2, 0.25) is 0 Å². The fourth-order valence-corrected chi connectivity index (χ4v) is 3.13. The Balaban J connectivity index is 2.20. The molecule has 0 unspecified atom stereocenters. The largest absolute Gasteiger partial charge is 0.317 e. The van der Waals surface area contributed by atoms with E-state index in [0.29, 0.717) is 5.92 Å². The van der Waals surface area contributed by atoms with Crippen LogP contribution in [-0.4, -0.2) is 21.5 Å². The quantitative estimate of drug-likeness (QED) is 0.841. The van der Waals surface area contributed by atoms with Gasteiger partial charge in [-0.3, -0.25) is 0 Å². The zero-order chi connectivity index (χ0) is 12.3. The molecule has 0 spiro atoms. The van der Waals surface area contributed by atoms with Crippen molar-refractivity contribution in [2.75, 3.05) is 13.1 Å². The van der Waals surface area contributed by atoms with Crippen molar-refractivity contribution in [1.29, 1.82) is 0 Å². The summed E-state index contributed by atoms with van der Waals surface area (Å²) < 4.78 is 22.9. The first-order valence-electron chi connectivity index (χ1n) is 5.89. The van der Waals surface area contributed by atoms with Gasteiger partial charge in [0.1, 0.15) is 0 Å². The van der Waals surface area contributed by atoms with E-state index in [2.05, 4.69) is 5.32 Å². The highest BCUT2D eigenvalue weighted by molar-refractivity contribution is 7.89. The second-order valence-electron chi connectivity index (χ2n) is 4.55. The Morgan fingerprint density at radius 1 is 1.24 bits per heavy atom. The van der Waals surface area contributed by atoms with Crippen LogP contribution in [0.3, 0.4) is 0 Å². The molecule has 1 aromatic rings. The third-order valence-electron chi connectivity index (χ3n) is 3.25. The summed E-state index contributed by atoms with van der Waals surface area (Å²) in [7, 11) is -3.60. The molecule has 1 aliphatic heterocycles. The van der Waals surface area contributed by atoms with Crippen molar-refractivity contribution in [2.45, 2.75) is 24.2 Å². The van der Waals surface area contributed by atoms with Crippen LogP contribution in [0.4, 0.5) is 0 Å². The van der Waals surface area contributed by atoms with E-state index in [4.69, 9.17) is 5.14 Å². The van der Waals surface area contributed by atoms with E-state index in [1.165, 1.54) is 0 Å². The van der Waals surface area contributed by atoms with Gasteiger partial charge in [-0.2, -0.15) is 0 Å². The summed E-state index contributed by atoms with van der Waals surface area (Å²) in [6.45, 7) is 2.03. The first-order valence-corrected chi connectivity index (χ1v) is 7.43. The van der Waals surface area contributed by atoms with Crippen LogP contribution in [0, 0.1) is 5.92 Å². The highest BCUT2D eigenvalue weighted by Crippen LogP contribution is 2.22. The predicted octanol–water partition coefficient (Wildman–Crippen LogP) is 0.876. The second kappa shape index (κ2) is 5.16. The van der Waals surface area contributed by atoms with Crippen molar-refractivity contribution in [1.82, 2.24) is 5.32 Å². The number of hydrogen-bond donors (Lipinski definition) is 2. The standard InChI is InChI=1S/C12H18N2O2S/c13-17(15,16)12-4-2-1-3-11(12)9-10-5-7-14-8-6-10/h1-4,10,14H,5-9H2,(H2,13,15,16). The average molecular weight is 254 g/mol. The lowest BCUT2D eigenvalue weighted by atomic mass is 9.91. The van der Waals surface area contributed by atoms with Crippen molar-refractivity contribution >= 4 is 10.0 Å². The number of hydrogen-bond acceptors (Lipinski definition) is 3. The maximum absolute atomic E-state index is 11.5. The number of primary sulfonamides is 1. The molecule has 0 atom stereocenters. The number of benzene rings is 1. The van der Waals surface area contributed by atoms with E-state index in [0.717, 1.165) is 37.9 Å². The summed E-state index contributed by atoms with van der Waals surface area (Å²) in [6, 6.07) is 7.03. The monoisotopic (exact) mass is 254 g/mol. The number of rotatable bonds is 3. The van der Waals surface area contributed by atoms with Crippen LogP contribution >= 0.6 is 0 Å². The first kappa shape index (κ1) is 12.5. The zero-order valence-corrected chi connectivity index (χ0v) is 10.5. The summed E-state index contributed by atoms with van der Waals surface area (Å²) in [5.41, 5.74) is 0.849. The van der Waals surface area contributed by atoms with Crippen LogP contribution in [0.25, 0.3) is 0 Å². The number of sulfonamides is 1. The molecule has 0 bridgehead atoms. The summed E-state index contributed by atoms with van der Waals surface area (Å²) in [4.78, 5) is 0.276. The Kier molecular flexibility index (Phi) is 3.81. The minimum absolute atomic E-state index is 0.276. The van der Waals surface area contributed by atoms with Crippen LogP contribution in [0.1, 0.15) is 18.4 Å². The molecule has 1 fully saturated rings. The van der Waals surface area contributed by atoms with E-state index in [1.54, 1.807) is 12.1 Å². The predicted molar refractivity (Wildman–Crippen MR) is 67.1 cm³/mol. The van der Waals surface area contributed by atoms with Crippen LogP contribution in [0.5, 0.6) is 0 Å². The lowest BCUT2D eigenvalue weighted by Gasteiger charge is -2.23. The van der Waals surface area contributed by atoms with Gasteiger partial charge in [-0.15, -0.1) is 0 Å². The van der Waals surface area contributed by atoms with Crippen LogP contribution in [-0.2, 0) is 16.4 Å². The molecular weight excluding hydrogens is 236 g/mol. The number of nitrogens with one attached hydrogen (secondary N) is 1. The van der Waals surface area contributed by atoms with E-state index < -0.39 is 10.0 Å². The fourth-order valence-electron chi connectivity index (χ4n) is 2.35. The van der Waals surface area contributed by atoms with Gasteiger partial charge in [0.25, 0.3) is 0 Å². The molecule has 0 radical (unpaired) electrons. The Bertz CT molecular complexity index is 479. The minimum Gasteiger partial charge on any atom is -0.317 e. The lowest BCUT2D eigenvalue weighted by molar-refractivity contribution is 0.371. The van der Waals surface area contributed by atoms with Gasteiger partial charge in [0.05, 0.1) is 4.90 Å². The molecule has 0 amide bonds.